The Bertz CT molecular complexity index is 61.1. The minimum Gasteiger partial charge on any atom is -0.395 e. The molecule has 0 bridgehead atoms. The van der Waals surface area contributed by atoms with Gasteiger partial charge in [0.2, 0.25) is 0 Å². The summed E-state index contributed by atoms with van der Waals surface area (Å²) in [6.07, 6.45) is 2.45. The Morgan fingerprint density at radius 3 is 2.43 bits per heavy atom. The minimum absolute atomic E-state index is 0.0694. The van der Waals surface area contributed by atoms with E-state index in [2.05, 4.69) is 0 Å². The summed E-state index contributed by atoms with van der Waals surface area (Å²) in [5, 5.41) is 8.42. The van der Waals surface area contributed by atoms with Crippen molar-refractivity contribution >= 4 is 0 Å². The van der Waals surface area contributed by atoms with Gasteiger partial charge in [0, 0.05) is 6.04 Å². The lowest BCUT2D eigenvalue weighted by molar-refractivity contribution is 0.254. The molecule has 2 nitrogen and oxygen atoms in total. The number of hydrogen-bond acceptors (Lipinski definition) is 2. The van der Waals surface area contributed by atoms with Crippen molar-refractivity contribution in [3.63, 3.8) is 0 Å². The van der Waals surface area contributed by atoms with Gasteiger partial charge in [-0.15, -0.1) is 0 Å². The van der Waals surface area contributed by atoms with Gasteiger partial charge in [0.1, 0.15) is 0 Å². The highest BCUT2D eigenvalue weighted by molar-refractivity contribution is 4.82. The quantitative estimate of drug-likeness (QED) is 0.502. The van der Waals surface area contributed by atoms with Gasteiger partial charge in [0.15, 0.2) is 0 Å². The first-order chi connectivity index (χ1) is 3.34. The first kappa shape index (κ1) is 5.06. The molecule has 0 aromatic carbocycles. The van der Waals surface area contributed by atoms with Gasteiger partial charge in [-0.2, -0.15) is 0 Å². The molecule has 1 fully saturated rings. The van der Waals surface area contributed by atoms with Crippen LogP contribution in [0, 0.1) is 5.92 Å². The summed E-state index contributed by atoms with van der Waals surface area (Å²) in [5.74, 6) is 0.644. The van der Waals surface area contributed by atoms with Gasteiger partial charge >= 0.3 is 0 Å². The molecule has 0 spiro atoms. The van der Waals surface area contributed by atoms with Gasteiger partial charge in [0.25, 0.3) is 0 Å². The molecule has 1 rings (SSSR count). The van der Waals surface area contributed by atoms with Crippen LogP contribution in [-0.2, 0) is 0 Å². The summed E-state index contributed by atoms with van der Waals surface area (Å²) in [5.41, 5.74) is 5.43. The van der Waals surface area contributed by atoms with Crippen LogP contribution in [0.25, 0.3) is 0 Å². The summed E-state index contributed by atoms with van der Waals surface area (Å²) in [6, 6.07) is 0.0694. The zero-order valence-electron chi connectivity index (χ0n) is 4.30. The van der Waals surface area contributed by atoms with Gasteiger partial charge < -0.3 is 10.8 Å². The standard InChI is InChI=1S/C5H11NO/c6-5(3-7)4-1-2-4/h4-5,7H,1-3,6H2/t5-/m0/s1. The lowest BCUT2D eigenvalue weighted by Gasteiger charge is -2.01. The Morgan fingerprint density at radius 1 is 1.71 bits per heavy atom. The summed E-state index contributed by atoms with van der Waals surface area (Å²) < 4.78 is 0. The van der Waals surface area contributed by atoms with E-state index in [-0.39, 0.29) is 12.6 Å². The molecule has 0 aromatic heterocycles. The van der Waals surface area contributed by atoms with Crippen molar-refractivity contribution in [1.29, 1.82) is 0 Å². The average Bonchev–Trinajstić information content (AvgIpc) is 2.44. The molecule has 1 aliphatic carbocycles. The maximum atomic E-state index is 8.42. The molecular weight excluding hydrogens is 90.1 g/mol. The second-order valence-electron chi connectivity index (χ2n) is 2.18. The summed E-state index contributed by atoms with van der Waals surface area (Å²) in [7, 11) is 0. The predicted molar refractivity (Wildman–Crippen MR) is 27.8 cm³/mol. The molecule has 0 radical (unpaired) electrons. The molecule has 42 valence electrons. The van der Waals surface area contributed by atoms with Crippen LogP contribution in [0.2, 0.25) is 0 Å². The van der Waals surface area contributed by atoms with Crippen molar-refractivity contribution in [1.82, 2.24) is 0 Å². The van der Waals surface area contributed by atoms with Crippen LogP contribution in [0.5, 0.6) is 0 Å². The van der Waals surface area contributed by atoms with Crippen molar-refractivity contribution in [2.24, 2.45) is 11.7 Å². The van der Waals surface area contributed by atoms with E-state index in [9.17, 15) is 0 Å². The average molecular weight is 101 g/mol. The van der Waals surface area contributed by atoms with Crippen molar-refractivity contribution in [2.75, 3.05) is 6.61 Å². The van der Waals surface area contributed by atoms with E-state index in [0.717, 1.165) is 0 Å². The minimum atomic E-state index is 0.0694. The predicted octanol–water partition coefficient (Wildman–Crippen LogP) is -0.284. The van der Waals surface area contributed by atoms with Crippen LogP contribution in [0.3, 0.4) is 0 Å². The maximum Gasteiger partial charge on any atom is 0.0585 e. The van der Waals surface area contributed by atoms with Crippen LogP contribution in [0.4, 0.5) is 0 Å². The molecule has 2 heteroatoms. The van der Waals surface area contributed by atoms with E-state index in [1.54, 1.807) is 0 Å². The van der Waals surface area contributed by atoms with Gasteiger partial charge in [0.05, 0.1) is 6.61 Å². The topological polar surface area (TPSA) is 46.2 Å². The van der Waals surface area contributed by atoms with Crippen LogP contribution in [0.15, 0.2) is 0 Å². The van der Waals surface area contributed by atoms with E-state index >= 15 is 0 Å². The molecule has 0 aromatic rings. The van der Waals surface area contributed by atoms with Crippen molar-refractivity contribution < 1.29 is 5.11 Å². The molecule has 0 saturated heterocycles. The Hall–Kier alpha value is -0.0800. The zero-order chi connectivity index (χ0) is 5.28. The molecule has 1 saturated carbocycles. The third kappa shape index (κ3) is 1.14. The number of rotatable bonds is 2. The van der Waals surface area contributed by atoms with Crippen molar-refractivity contribution in [2.45, 2.75) is 18.9 Å². The number of aliphatic hydroxyl groups excluding tert-OH is 1. The largest absolute Gasteiger partial charge is 0.395 e. The summed E-state index contributed by atoms with van der Waals surface area (Å²) in [4.78, 5) is 0. The molecule has 0 unspecified atom stereocenters. The highest BCUT2D eigenvalue weighted by Crippen LogP contribution is 2.30. The monoisotopic (exact) mass is 101 g/mol. The smallest absolute Gasteiger partial charge is 0.0585 e. The van der Waals surface area contributed by atoms with Gasteiger partial charge in [-0.1, -0.05) is 0 Å². The second-order valence-corrected chi connectivity index (χ2v) is 2.18. The fourth-order valence-corrected chi connectivity index (χ4v) is 0.673. The van der Waals surface area contributed by atoms with Crippen molar-refractivity contribution in [3.8, 4) is 0 Å². The number of hydrogen-bond donors (Lipinski definition) is 2. The Kier molecular flexibility index (Phi) is 1.30. The molecule has 1 aliphatic rings. The third-order valence-corrected chi connectivity index (χ3v) is 1.44. The second kappa shape index (κ2) is 1.80. The summed E-state index contributed by atoms with van der Waals surface area (Å²) in [6.45, 7) is 0.157. The lowest BCUT2D eigenvalue weighted by Crippen LogP contribution is -2.26. The molecule has 0 amide bonds. The molecule has 1 atom stereocenters. The maximum absolute atomic E-state index is 8.42. The fourth-order valence-electron chi connectivity index (χ4n) is 0.673. The van der Waals surface area contributed by atoms with E-state index in [1.807, 2.05) is 0 Å². The molecule has 0 aliphatic heterocycles. The first-order valence-electron chi connectivity index (χ1n) is 2.71. The molecule has 0 heterocycles. The summed E-state index contributed by atoms with van der Waals surface area (Å²) >= 11 is 0. The van der Waals surface area contributed by atoms with E-state index < -0.39 is 0 Å². The first-order valence-corrected chi connectivity index (χ1v) is 2.71. The Labute approximate surface area is 43.3 Å². The van der Waals surface area contributed by atoms with E-state index in [4.69, 9.17) is 10.8 Å². The van der Waals surface area contributed by atoms with Crippen LogP contribution >= 0.6 is 0 Å². The van der Waals surface area contributed by atoms with E-state index in [0.29, 0.717) is 5.92 Å². The zero-order valence-corrected chi connectivity index (χ0v) is 4.30. The van der Waals surface area contributed by atoms with Gasteiger partial charge in [-0.25, -0.2) is 0 Å². The van der Waals surface area contributed by atoms with Gasteiger partial charge in [-0.3, -0.25) is 0 Å². The molecule has 7 heavy (non-hydrogen) atoms. The van der Waals surface area contributed by atoms with Crippen molar-refractivity contribution in [3.05, 3.63) is 0 Å². The van der Waals surface area contributed by atoms with Gasteiger partial charge in [-0.05, 0) is 18.8 Å². The fraction of sp³-hybridized carbons (Fsp3) is 1.00. The van der Waals surface area contributed by atoms with Crippen LogP contribution in [0.1, 0.15) is 12.8 Å². The highest BCUT2D eigenvalue weighted by atomic mass is 16.3. The molecular formula is C5H11NO. The SMILES string of the molecule is N[C@@H](CO)C1CC1. The lowest BCUT2D eigenvalue weighted by atomic mass is 10.2. The Balaban J connectivity index is 2.10. The Morgan fingerprint density at radius 2 is 2.29 bits per heavy atom. The van der Waals surface area contributed by atoms with E-state index in [1.165, 1.54) is 12.8 Å². The highest BCUT2D eigenvalue weighted by Gasteiger charge is 2.27. The van der Waals surface area contributed by atoms with Crippen LogP contribution in [-0.4, -0.2) is 17.8 Å². The third-order valence-electron chi connectivity index (χ3n) is 1.44. The number of aliphatic hydroxyl groups is 1. The normalized spacial score (nSPS) is 24.9. The van der Waals surface area contributed by atoms with Crippen LogP contribution < -0.4 is 5.73 Å². The molecule has 3 N–H and O–H groups in total. The number of nitrogens with two attached hydrogens (primary N) is 1.